The number of carbonyl (C=O) groups excluding carboxylic acids is 1. The lowest BCUT2D eigenvalue weighted by Gasteiger charge is -2.08. The predicted molar refractivity (Wildman–Crippen MR) is 111 cm³/mol. The number of thioether (sulfide) groups is 1. The van der Waals surface area contributed by atoms with E-state index in [2.05, 4.69) is 31.4 Å². The van der Waals surface area contributed by atoms with Gasteiger partial charge < -0.3 is 15.0 Å². The van der Waals surface area contributed by atoms with Crippen molar-refractivity contribution in [2.24, 2.45) is 7.05 Å². The minimum Gasteiger partial charge on any atom is -0.507 e. The van der Waals surface area contributed by atoms with E-state index in [4.69, 9.17) is 0 Å². The van der Waals surface area contributed by atoms with Crippen LogP contribution in [0.1, 0.15) is 11.1 Å². The Morgan fingerprint density at radius 3 is 2.70 bits per heavy atom. The molecule has 0 aliphatic rings. The van der Waals surface area contributed by atoms with Crippen LogP contribution in [0.25, 0.3) is 11.4 Å². The van der Waals surface area contributed by atoms with Gasteiger partial charge in [0.05, 0.1) is 11.3 Å². The molecule has 140 valence electrons. The molecule has 0 spiro atoms. The smallest absolute Gasteiger partial charge is 0.234 e. The van der Waals surface area contributed by atoms with Gasteiger partial charge in [0, 0.05) is 17.2 Å². The number of rotatable bonds is 5. The lowest BCUT2D eigenvalue weighted by molar-refractivity contribution is -0.113. The number of phenolic OH excluding ortho intramolecular Hbond substituents is 1. The molecule has 1 amide bonds. The van der Waals surface area contributed by atoms with Crippen LogP contribution < -0.4 is 5.32 Å². The van der Waals surface area contributed by atoms with E-state index in [0.717, 1.165) is 15.7 Å². The molecule has 0 aliphatic heterocycles. The van der Waals surface area contributed by atoms with Gasteiger partial charge in [-0.1, -0.05) is 33.8 Å². The second-order valence-corrected chi connectivity index (χ2v) is 8.02. The number of aryl methyl sites for hydroxylation is 2. The molecule has 0 saturated carbocycles. The second-order valence-electron chi connectivity index (χ2n) is 6.16. The van der Waals surface area contributed by atoms with E-state index in [1.807, 2.05) is 32.0 Å². The van der Waals surface area contributed by atoms with Crippen LogP contribution >= 0.6 is 27.7 Å². The van der Waals surface area contributed by atoms with Crippen molar-refractivity contribution >= 4 is 39.3 Å². The molecular weight excluding hydrogens is 428 g/mol. The van der Waals surface area contributed by atoms with Gasteiger partial charge in [-0.2, -0.15) is 0 Å². The number of nitrogens with one attached hydrogen (secondary N) is 1. The van der Waals surface area contributed by atoms with Crippen molar-refractivity contribution in [1.29, 1.82) is 0 Å². The molecule has 0 bridgehead atoms. The average Bonchev–Trinajstić information content (AvgIpc) is 2.99. The molecule has 0 radical (unpaired) electrons. The molecule has 6 nitrogen and oxygen atoms in total. The summed E-state index contributed by atoms with van der Waals surface area (Å²) in [4.78, 5) is 12.2. The molecular formula is C19H19BrN4O2S. The Morgan fingerprint density at radius 2 is 1.96 bits per heavy atom. The van der Waals surface area contributed by atoms with E-state index in [1.165, 1.54) is 17.3 Å². The first kappa shape index (κ1) is 19.4. The third-order valence-electron chi connectivity index (χ3n) is 4.16. The van der Waals surface area contributed by atoms with Gasteiger partial charge in [-0.25, -0.2) is 0 Å². The summed E-state index contributed by atoms with van der Waals surface area (Å²) in [6.45, 7) is 4.05. The summed E-state index contributed by atoms with van der Waals surface area (Å²) in [7, 11) is 1.80. The Hall–Kier alpha value is -2.32. The number of nitrogens with zero attached hydrogens (tertiary/aromatic N) is 3. The van der Waals surface area contributed by atoms with Crippen LogP contribution in [0.2, 0.25) is 0 Å². The number of benzene rings is 2. The zero-order valence-corrected chi connectivity index (χ0v) is 17.6. The van der Waals surface area contributed by atoms with Crippen molar-refractivity contribution in [2.75, 3.05) is 11.1 Å². The second kappa shape index (κ2) is 8.14. The standard InChI is InChI=1S/C19H19BrN4O2S/c1-11-4-6-14(8-12(11)2)21-17(26)10-27-19-23-22-18(24(19)3)15-9-13(20)5-7-16(15)25/h4-9,25H,10H2,1-3H3,(H,21,26). The van der Waals surface area contributed by atoms with E-state index >= 15 is 0 Å². The molecule has 2 aromatic carbocycles. The fraction of sp³-hybridized carbons (Fsp3) is 0.211. The summed E-state index contributed by atoms with van der Waals surface area (Å²) in [5, 5.41) is 21.8. The fourth-order valence-electron chi connectivity index (χ4n) is 2.51. The molecule has 3 rings (SSSR count). The van der Waals surface area contributed by atoms with Crippen molar-refractivity contribution < 1.29 is 9.90 Å². The van der Waals surface area contributed by atoms with Crippen molar-refractivity contribution in [3.05, 3.63) is 52.0 Å². The van der Waals surface area contributed by atoms with Gasteiger partial charge in [-0.05, 0) is 55.3 Å². The monoisotopic (exact) mass is 446 g/mol. The van der Waals surface area contributed by atoms with Crippen LogP contribution in [0.4, 0.5) is 5.69 Å². The highest BCUT2D eigenvalue weighted by molar-refractivity contribution is 9.10. The molecule has 1 heterocycles. The van der Waals surface area contributed by atoms with Gasteiger partial charge >= 0.3 is 0 Å². The summed E-state index contributed by atoms with van der Waals surface area (Å²) >= 11 is 4.68. The molecule has 8 heteroatoms. The zero-order valence-electron chi connectivity index (χ0n) is 15.2. The first-order valence-electron chi connectivity index (χ1n) is 8.23. The number of aromatic hydroxyl groups is 1. The van der Waals surface area contributed by atoms with Crippen LogP contribution in [0.5, 0.6) is 5.75 Å². The quantitative estimate of drug-likeness (QED) is 0.571. The van der Waals surface area contributed by atoms with Crippen molar-refractivity contribution in [2.45, 2.75) is 19.0 Å². The number of hydrogen-bond acceptors (Lipinski definition) is 5. The third-order valence-corrected chi connectivity index (χ3v) is 5.67. The summed E-state index contributed by atoms with van der Waals surface area (Å²) in [6, 6.07) is 11.0. The number of halogens is 1. The number of aromatic nitrogens is 3. The number of carbonyl (C=O) groups is 1. The van der Waals surface area contributed by atoms with Crippen LogP contribution in [-0.4, -0.2) is 31.5 Å². The Morgan fingerprint density at radius 1 is 1.19 bits per heavy atom. The number of phenols is 1. The van der Waals surface area contributed by atoms with Crippen LogP contribution in [-0.2, 0) is 11.8 Å². The van der Waals surface area contributed by atoms with E-state index < -0.39 is 0 Å². The number of hydrogen-bond donors (Lipinski definition) is 2. The third kappa shape index (κ3) is 4.51. The van der Waals surface area contributed by atoms with Crippen molar-refractivity contribution in [1.82, 2.24) is 14.8 Å². The summed E-state index contributed by atoms with van der Waals surface area (Å²) < 4.78 is 2.59. The molecule has 0 fully saturated rings. The topological polar surface area (TPSA) is 80.0 Å². The van der Waals surface area contributed by atoms with Gasteiger partial charge in [-0.3, -0.25) is 4.79 Å². The highest BCUT2D eigenvalue weighted by atomic mass is 79.9. The summed E-state index contributed by atoms with van der Waals surface area (Å²) in [6.07, 6.45) is 0. The molecule has 27 heavy (non-hydrogen) atoms. The highest BCUT2D eigenvalue weighted by Crippen LogP contribution is 2.32. The average molecular weight is 447 g/mol. The van der Waals surface area contributed by atoms with E-state index in [-0.39, 0.29) is 17.4 Å². The number of anilines is 1. The maximum Gasteiger partial charge on any atom is 0.234 e. The molecule has 2 N–H and O–H groups in total. The van der Waals surface area contributed by atoms with E-state index in [9.17, 15) is 9.90 Å². The van der Waals surface area contributed by atoms with Gasteiger partial charge in [0.25, 0.3) is 0 Å². The highest BCUT2D eigenvalue weighted by Gasteiger charge is 2.16. The SMILES string of the molecule is Cc1ccc(NC(=O)CSc2nnc(-c3cc(Br)ccc3O)n2C)cc1C. The molecule has 0 saturated heterocycles. The lowest BCUT2D eigenvalue weighted by atomic mass is 10.1. The van der Waals surface area contributed by atoms with Crippen LogP contribution in [0.15, 0.2) is 46.0 Å². The summed E-state index contributed by atoms with van der Waals surface area (Å²) in [5.41, 5.74) is 3.67. The van der Waals surface area contributed by atoms with E-state index in [0.29, 0.717) is 16.5 Å². The van der Waals surface area contributed by atoms with Crippen LogP contribution in [0.3, 0.4) is 0 Å². The Bertz CT molecular complexity index is 1000. The maximum absolute atomic E-state index is 12.2. The first-order chi connectivity index (χ1) is 12.8. The lowest BCUT2D eigenvalue weighted by Crippen LogP contribution is -2.14. The van der Waals surface area contributed by atoms with Gasteiger partial charge in [0.15, 0.2) is 11.0 Å². The molecule has 0 aliphatic carbocycles. The molecule has 1 aromatic heterocycles. The number of amides is 1. The van der Waals surface area contributed by atoms with Gasteiger partial charge in [0.2, 0.25) is 5.91 Å². The van der Waals surface area contributed by atoms with Gasteiger partial charge in [0.1, 0.15) is 5.75 Å². The van der Waals surface area contributed by atoms with Crippen molar-refractivity contribution in [3.8, 4) is 17.1 Å². The molecule has 0 unspecified atom stereocenters. The van der Waals surface area contributed by atoms with Gasteiger partial charge in [-0.15, -0.1) is 10.2 Å². The fourth-order valence-corrected chi connectivity index (χ4v) is 3.58. The maximum atomic E-state index is 12.2. The molecule has 3 aromatic rings. The Labute approximate surface area is 170 Å². The normalized spacial score (nSPS) is 10.8. The minimum absolute atomic E-state index is 0.113. The largest absolute Gasteiger partial charge is 0.507 e. The Kier molecular flexibility index (Phi) is 5.86. The predicted octanol–water partition coefficient (Wildman–Crippen LogP) is 4.30. The van der Waals surface area contributed by atoms with Crippen LogP contribution in [0, 0.1) is 13.8 Å². The summed E-state index contributed by atoms with van der Waals surface area (Å²) in [5.74, 6) is 0.755. The minimum atomic E-state index is -0.113. The molecule has 0 atom stereocenters. The zero-order chi connectivity index (χ0) is 19.6. The van der Waals surface area contributed by atoms with Crippen molar-refractivity contribution in [3.63, 3.8) is 0 Å². The van der Waals surface area contributed by atoms with E-state index in [1.54, 1.807) is 29.8 Å². The Balaban J connectivity index is 1.68. The first-order valence-corrected chi connectivity index (χ1v) is 10.0.